The first-order valence-corrected chi connectivity index (χ1v) is 16.3. The van der Waals surface area contributed by atoms with Gasteiger partial charge in [0.2, 0.25) is 5.91 Å². The second kappa shape index (κ2) is 17.5. The molecule has 244 valence electrons. The fourth-order valence-corrected chi connectivity index (χ4v) is 6.26. The molecule has 0 radical (unpaired) electrons. The molecule has 3 aromatic carbocycles. The van der Waals surface area contributed by atoms with E-state index in [1.807, 2.05) is 78.9 Å². The lowest BCUT2D eigenvalue weighted by molar-refractivity contribution is -0.134. The molecule has 1 aliphatic heterocycles. The number of hydrogen-bond acceptors (Lipinski definition) is 6. The van der Waals surface area contributed by atoms with Gasteiger partial charge in [-0.15, -0.1) is 12.3 Å². The van der Waals surface area contributed by atoms with Crippen LogP contribution in [0.15, 0.2) is 78.9 Å². The first-order chi connectivity index (χ1) is 22.4. The summed E-state index contributed by atoms with van der Waals surface area (Å²) in [6.45, 7) is 0.528. The van der Waals surface area contributed by atoms with Crippen LogP contribution in [-0.4, -0.2) is 61.2 Å². The number of amides is 1. The summed E-state index contributed by atoms with van der Waals surface area (Å²) in [6.07, 6.45) is 11.4. The first-order valence-electron chi connectivity index (χ1n) is 16.3. The van der Waals surface area contributed by atoms with Crippen molar-refractivity contribution in [3.8, 4) is 23.8 Å². The minimum Gasteiger partial charge on any atom is -0.497 e. The van der Waals surface area contributed by atoms with E-state index in [9.17, 15) is 14.7 Å². The van der Waals surface area contributed by atoms with E-state index < -0.39 is 11.7 Å². The third-order valence-electron chi connectivity index (χ3n) is 8.75. The Bertz CT molecular complexity index is 1370. The quantitative estimate of drug-likeness (QED) is 0.0964. The number of carbonyl (C=O) groups excluding carboxylic acids is 2. The number of likely N-dealkylation sites (tertiary alicyclic amines) is 1. The van der Waals surface area contributed by atoms with E-state index in [0.717, 1.165) is 60.3 Å². The Balaban J connectivity index is 1.48. The number of terminal acetylenes is 1. The fraction of sp³-hybridized carbons (Fsp3) is 0.436. The number of ether oxygens (including phenoxy) is 3. The van der Waals surface area contributed by atoms with Gasteiger partial charge >= 0.3 is 0 Å². The number of benzene rings is 3. The van der Waals surface area contributed by atoms with Crippen LogP contribution in [0.5, 0.6) is 11.5 Å². The van der Waals surface area contributed by atoms with Crippen molar-refractivity contribution in [1.82, 2.24) is 4.90 Å². The zero-order valence-electron chi connectivity index (χ0n) is 27.2. The predicted octanol–water partition coefficient (Wildman–Crippen LogP) is 6.69. The van der Waals surface area contributed by atoms with E-state index in [-0.39, 0.29) is 24.3 Å². The van der Waals surface area contributed by atoms with E-state index in [1.54, 1.807) is 19.1 Å². The number of aliphatic hydroxyl groups is 1. The van der Waals surface area contributed by atoms with Gasteiger partial charge in [-0.2, -0.15) is 0 Å². The van der Waals surface area contributed by atoms with Gasteiger partial charge in [0.15, 0.2) is 0 Å². The normalized spacial score (nSPS) is 16.2. The van der Waals surface area contributed by atoms with Crippen molar-refractivity contribution in [1.29, 1.82) is 0 Å². The SMILES string of the molecule is C#CCCCC(=O)CCCCCCC(=O)N1C[C@H](O)CC1COC(c1ccccc1)(c1ccc(OC)cc1)c1ccc(OC)cc1. The molecule has 46 heavy (non-hydrogen) atoms. The summed E-state index contributed by atoms with van der Waals surface area (Å²) >= 11 is 0. The lowest BCUT2D eigenvalue weighted by Crippen LogP contribution is -2.42. The largest absolute Gasteiger partial charge is 0.497 e. The number of Topliss-reactive ketones (excluding diaryl/α,β-unsaturated/α-hetero) is 1. The predicted molar refractivity (Wildman–Crippen MR) is 180 cm³/mol. The summed E-state index contributed by atoms with van der Waals surface area (Å²) in [4.78, 5) is 27.2. The number of ketones is 1. The Hall–Kier alpha value is -4.12. The Morgan fingerprint density at radius 2 is 1.35 bits per heavy atom. The molecule has 2 atom stereocenters. The van der Waals surface area contributed by atoms with Gasteiger partial charge in [-0.3, -0.25) is 9.59 Å². The van der Waals surface area contributed by atoms with Crippen LogP contribution in [0, 0.1) is 12.3 Å². The summed E-state index contributed by atoms with van der Waals surface area (Å²) in [6, 6.07) is 25.5. The fourth-order valence-electron chi connectivity index (χ4n) is 6.26. The molecule has 1 heterocycles. The van der Waals surface area contributed by atoms with Crippen molar-refractivity contribution in [2.45, 2.75) is 82.0 Å². The van der Waals surface area contributed by atoms with Crippen molar-refractivity contribution in [2.24, 2.45) is 0 Å². The smallest absolute Gasteiger partial charge is 0.222 e. The van der Waals surface area contributed by atoms with Gasteiger partial charge in [0.25, 0.3) is 0 Å². The topological polar surface area (TPSA) is 85.3 Å². The molecule has 4 rings (SSSR count). The number of nitrogens with zero attached hydrogens (tertiary/aromatic N) is 1. The van der Waals surface area contributed by atoms with E-state index in [4.69, 9.17) is 20.6 Å². The molecule has 0 aromatic heterocycles. The van der Waals surface area contributed by atoms with E-state index in [2.05, 4.69) is 5.92 Å². The first kappa shape index (κ1) is 34.7. The third-order valence-corrected chi connectivity index (χ3v) is 8.75. The number of unbranched alkanes of at least 4 members (excludes halogenated alkanes) is 4. The maximum Gasteiger partial charge on any atom is 0.222 e. The molecule has 1 amide bonds. The molecule has 1 fully saturated rings. The van der Waals surface area contributed by atoms with Gasteiger partial charge in [0, 0.05) is 32.2 Å². The molecule has 1 saturated heterocycles. The number of aliphatic hydroxyl groups excluding tert-OH is 1. The number of methoxy groups -OCH3 is 2. The zero-order chi connectivity index (χ0) is 32.8. The van der Waals surface area contributed by atoms with Crippen LogP contribution < -0.4 is 9.47 Å². The number of β-amino-alcohol motifs (C(OH)–C–C–N with tert-alkyl or cyclic N) is 1. The maximum absolute atomic E-state index is 13.4. The standard InChI is InChI=1S/C39H47NO6/c1-4-5-9-16-34(41)17-12-6-7-13-18-38(43)40-28-35(42)27-33(40)29-46-39(30-14-10-8-11-15-30,31-19-23-36(44-2)24-20-31)32-21-25-37(45-3)26-22-32/h1,8,10-11,14-15,19-26,33,35,42H,5-7,9,12-13,16-18,27-29H2,2-3H3/t33?,35-/m1/s1. The minimum absolute atomic E-state index is 0.0229. The van der Waals surface area contributed by atoms with Crippen LogP contribution in [0.1, 0.15) is 80.9 Å². The monoisotopic (exact) mass is 625 g/mol. The average molecular weight is 626 g/mol. The lowest BCUT2D eigenvalue weighted by Gasteiger charge is -2.38. The molecule has 7 heteroatoms. The highest BCUT2D eigenvalue weighted by molar-refractivity contribution is 5.78. The Morgan fingerprint density at radius 3 is 1.91 bits per heavy atom. The number of carbonyl (C=O) groups is 2. The third kappa shape index (κ3) is 8.99. The van der Waals surface area contributed by atoms with Gasteiger partial charge in [-0.05, 0) is 66.6 Å². The summed E-state index contributed by atoms with van der Waals surface area (Å²) in [7, 11) is 3.28. The van der Waals surface area contributed by atoms with Crippen LogP contribution in [0.4, 0.5) is 0 Å². The highest BCUT2D eigenvalue weighted by Gasteiger charge is 2.41. The molecule has 1 N–H and O–H groups in total. The van der Waals surface area contributed by atoms with Gasteiger partial charge in [-0.1, -0.05) is 67.4 Å². The summed E-state index contributed by atoms with van der Waals surface area (Å²) < 4.78 is 17.9. The molecule has 0 spiro atoms. The maximum atomic E-state index is 13.4. The van der Waals surface area contributed by atoms with Gasteiger partial charge in [0.1, 0.15) is 22.9 Å². The molecule has 7 nitrogen and oxygen atoms in total. The lowest BCUT2D eigenvalue weighted by atomic mass is 9.80. The Labute approximate surface area is 273 Å². The molecular weight excluding hydrogens is 578 g/mol. The van der Waals surface area contributed by atoms with Gasteiger partial charge in [-0.25, -0.2) is 0 Å². The van der Waals surface area contributed by atoms with Crippen molar-refractivity contribution < 1.29 is 28.9 Å². The van der Waals surface area contributed by atoms with Gasteiger partial charge in [0.05, 0.1) is 33.0 Å². The number of rotatable bonds is 18. The van der Waals surface area contributed by atoms with Crippen LogP contribution in [0.2, 0.25) is 0 Å². The van der Waals surface area contributed by atoms with E-state index in [1.165, 1.54) is 0 Å². The zero-order valence-corrected chi connectivity index (χ0v) is 27.2. The Morgan fingerprint density at radius 1 is 0.804 bits per heavy atom. The van der Waals surface area contributed by atoms with Crippen LogP contribution >= 0.6 is 0 Å². The molecule has 0 bridgehead atoms. The van der Waals surface area contributed by atoms with Crippen molar-refractivity contribution >= 4 is 11.7 Å². The van der Waals surface area contributed by atoms with Crippen LogP contribution in [-0.2, 0) is 19.9 Å². The van der Waals surface area contributed by atoms with Crippen molar-refractivity contribution in [2.75, 3.05) is 27.4 Å². The summed E-state index contributed by atoms with van der Waals surface area (Å²) in [5.74, 6) is 4.33. The average Bonchev–Trinajstić information content (AvgIpc) is 3.48. The number of hydrogen-bond donors (Lipinski definition) is 1. The van der Waals surface area contributed by atoms with E-state index >= 15 is 0 Å². The Kier molecular flexibility index (Phi) is 13.3. The minimum atomic E-state index is -1.000. The highest BCUT2D eigenvalue weighted by Crippen LogP contribution is 2.42. The molecule has 1 aliphatic rings. The van der Waals surface area contributed by atoms with Crippen molar-refractivity contribution in [3.05, 3.63) is 95.6 Å². The molecule has 0 saturated carbocycles. The van der Waals surface area contributed by atoms with Crippen molar-refractivity contribution in [3.63, 3.8) is 0 Å². The van der Waals surface area contributed by atoms with Crippen LogP contribution in [0.3, 0.4) is 0 Å². The molecule has 0 aliphatic carbocycles. The van der Waals surface area contributed by atoms with Gasteiger partial charge < -0.3 is 24.2 Å². The van der Waals surface area contributed by atoms with Crippen LogP contribution in [0.25, 0.3) is 0 Å². The summed E-state index contributed by atoms with van der Waals surface area (Å²) in [5.41, 5.74) is 1.77. The second-order valence-electron chi connectivity index (χ2n) is 11.9. The highest BCUT2D eigenvalue weighted by atomic mass is 16.5. The molecular formula is C39H47NO6. The molecule has 3 aromatic rings. The molecule has 1 unspecified atom stereocenters. The second-order valence-corrected chi connectivity index (χ2v) is 11.9. The summed E-state index contributed by atoms with van der Waals surface area (Å²) in [5, 5.41) is 10.7. The van der Waals surface area contributed by atoms with E-state index in [0.29, 0.717) is 38.6 Å².